The van der Waals surface area contributed by atoms with E-state index in [2.05, 4.69) is 78.8 Å². The topological polar surface area (TPSA) is 54.4 Å². The highest BCUT2D eigenvalue weighted by atomic mass is 16.2. The molecule has 0 radical (unpaired) electrons. The SMILES string of the molecule is CC/C=C\CCO.CCC(=O)/C=C/C1C(C)=CCCC1(C)C.CCC(=O)/C=C/C1C(C)=CCCC1(C)C. The molecule has 2 aliphatic rings. The van der Waals surface area contributed by atoms with Gasteiger partial charge >= 0.3 is 0 Å². The van der Waals surface area contributed by atoms with Gasteiger partial charge in [-0.1, -0.05) is 96.1 Å². The van der Waals surface area contributed by atoms with Crippen molar-refractivity contribution in [3.63, 3.8) is 0 Å². The molecule has 3 nitrogen and oxygen atoms in total. The van der Waals surface area contributed by atoms with E-state index in [0.717, 1.165) is 12.8 Å². The summed E-state index contributed by atoms with van der Waals surface area (Å²) in [6.07, 6.45) is 24.2. The van der Waals surface area contributed by atoms with Crippen LogP contribution < -0.4 is 0 Å². The minimum atomic E-state index is 0.226. The molecule has 0 saturated carbocycles. The van der Waals surface area contributed by atoms with Crippen molar-refractivity contribution in [3.8, 4) is 0 Å². The van der Waals surface area contributed by atoms with Gasteiger partial charge in [0.15, 0.2) is 11.6 Å². The number of carbonyl (C=O) groups excluding carboxylic acids is 2. The zero-order valence-corrected chi connectivity index (χ0v) is 25.4. The first-order valence-corrected chi connectivity index (χ1v) is 14.4. The molecule has 0 spiro atoms. The third-order valence-corrected chi connectivity index (χ3v) is 7.52. The summed E-state index contributed by atoms with van der Waals surface area (Å²) in [6, 6.07) is 0. The average Bonchev–Trinajstić information content (AvgIpc) is 2.83. The van der Waals surface area contributed by atoms with Gasteiger partial charge < -0.3 is 5.11 Å². The van der Waals surface area contributed by atoms with Crippen LogP contribution in [0.1, 0.15) is 114 Å². The largest absolute Gasteiger partial charge is 0.396 e. The summed E-state index contributed by atoms with van der Waals surface area (Å²) in [5.74, 6) is 1.32. The van der Waals surface area contributed by atoms with E-state index in [1.54, 1.807) is 12.2 Å². The minimum absolute atomic E-state index is 0.226. The Labute approximate surface area is 228 Å². The number of hydrogen-bond donors (Lipinski definition) is 1. The van der Waals surface area contributed by atoms with E-state index in [9.17, 15) is 9.59 Å². The van der Waals surface area contributed by atoms with E-state index in [0.29, 0.717) is 35.5 Å². The Kier molecular flexibility index (Phi) is 17.3. The molecule has 0 aromatic heterocycles. The summed E-state index contributed by atoms with van der Waals surface area (Å²) in [5.41, 5.74) is 3.41. The van der Waals surface area contributed by atoms with Crippen molar-refractivity contribution in [1.82, 2.24) is 0 Å². The Morgan fingerprint density at radius 3 is 1.51 bits per heavy atom. The highest BCUT2D eigenvalue weighted by molar-refractivity contribution is 5.89. The fourth-order valence-corrected chi connectivity index (χ4v) is 4.97. The lowest BCUT2D eigenvalue weighted by atomic mass is 9.68. The average molecular weight is 513 g/mol. The monoisotopic (exact) mass is 512 g/mol. The van der Waals surface area contributed by atoms with Crippen molar-refractivity contribution in [2.45, 2.75) is 114 Å². The Morgan fingerprint density at radius 2 is 1.22 bits per heavy atom. The molecule has 37 heavy (non-hydrogen) atoms. The lowest BCUT2D eigenvalue weighted by Gasteiger charge is -2.36. The summed E-state index contributed by atoms with van der Waals surface area (Å²) in [7, 11) is 0. The zero-order valence-electron chi connectivity index (χ0n) is 25.4. The van der Waals surface area contributed by atoms with E-state index < -0.39 is 0 Å². The standard InChI is InChI=1S/2C14H22O.C6H12O/c2*1-5-12(15)8-9-13-11(2)7-6-10-14(13,3)4;1-2-3-4-5-6-7/h2*7-9,13H,5-6,10H2,1-4H3;3-4,7H,2,5-6H2,1H3/b2*9-8+;4-3-. The molecule has 0 saturated heterocycles. The lowest BCUT2D eigenvalue weighted by Crippen LogP contribution is -2.26. The van der Waals surface area contributed by atoms with Gasteiger partial charge in [-0.25, -0.2) is 0 Å². The molecule has 2 unspecified atom stereocenters. The number of carbonyl (C=O) groups is 2. The van der Waals surface area contributed by atoms with Gasteiger partial charge in [0.05, 0.1) is 0 Å². The van der Waals surface area contributed by atoms with Crippen LogP contribution in [0, 0.1) is 22.7 Å². The van der Waals surface area contributed by atoms with Crippen LogP contribution in [0.15, 0.2) is 59.8 Å². The maximum atomic E-state index is 11.3. The second-order valence-electron chi connectivity index (χ2n) is 11.7. The Hall–Kier alpha value is -2.00. The Balaban J connectivity index is 0.000000563. The molecule has 0 amide bonds. The predicted molar refractivity (Wildman–Crippen MR) is 161 cm³/mol. The number of hydrogen-bond acceptors (Lipinski definition) is 3. The molecular formula is C34H56O3. The summed E-state index contributed by atoms with van der Waals surface area (Å²) in [5, 5.41) is 8.24. The minimum Gasteiger partial charge on any atom is -0.396 e. The van der Waals surface area contributed by atoms with Crippen LogP contribution in [0.5, 0.6) is 0 Å². The number of allylic oxidation sites excluding steroid dienone is 9. The van der Waals surface area contributed by atoms with E-state index in [1.807, 2.05) is 19.9 Å². The highest BCUT2D eigenvalue weighted by Gasteiger charge is 2.31. The molecule has 2 rings (SSSR count). The molecule has 1 N–H and O–H groups in total. The van der Waals surface area contributed by atoms with Crippen LogP contribution >= 0.6 is 0 Å². The second kappa shape index (κ2) is 18.3. The van der Waals surface area contributed by atoms with Gasteiger partial charge in [-0.05, 0) is 75.4 Å². The molecule has 2 atom stereocenters. The van der Waals surface area contributed by atoms with Crippen molar-refractivity contribution in [3.05, 3.63) is 59.8 Å². The molecule has 2 aliphatic carbocycles. The van der Waals surface area contributed by atoms with Gasteiger partial charge in [0.25, 0.3) is 0 Å². The van der Waals surface area contributed by atoms with Gasteiger partial charge in [0, 0.05) is 31.3 Å². The molecular weight excluding hydrogens is 456 g/mol. The molecule has 0 aliphatic heterocycles. The van der Waals surface area contributed by atoms with Crippen LogP contribution in [0.3, 0.4) is 0 Å². The van der Waals surface area contributed by atoms with Gasteiger partial charge in [-0.3, -0.25) is 9.59 Å². The highest BCUT2D eigenvalue weighted by Crippen LogP contribution is 2.42. The first kappa shape index (κ1) is 35.0. The predicted octanol–water partition coefficient (Wildman–Crippen LogP) is 9.14. The first-order chi connectivity index (χ1) is 17.4. The van der Waals surface area contributed by atoms with E-state index in [1.165, 1.54) is 36.8 Å². The van der Waals surface area contributed by atoms with Crippen molar-refractivity contribution >= 4 is 11.6 Å². The van der Waals surface area contributed by atoms with Gasteiger partial charge in [0.1, 0.15) is 0 Å². The number of rotatable bonds is 9. The van der Waals surface area contributed by atoms with E-state index in [-0.39, 0.29) is 18.2 Å². The fourth-order valence-electron chi connectivity index (χ4n) is 4.97. The van der Waals surface area contributed by atoms with Crippen LogP contribution in [-0.2, 0) is 9.59 Å². The number of aliphatic hydroxyl groups excluding tert-OH is 1. The molecule has 0 aromatic carbocycles. The summed E-state index contributed by atoms with van der Waals surface area (Å²) < 4.78 is 0. The first-order valence-electron chi connectivity index (χ1n) is 14.4. The van der Waals surface area contributed by atoms with E-state index >= 15 is 0 Å². The molecule has 210 valence electrons. The van der Waals surface area contributed by atoms with Crippen LogP contribution in [0.4, 0.5) is 0 Å². The number of aliphatic hydroxyl groups is 1. The molecule has 3 heteroatoms. The maximum absolute atomic E-state index is 11.3. The maximum Gasteiger partial charge on any atom is 0.155 e. The zero-order chi connectivity index (χ0) is 28.5. The summed E-state index contributed by atoms with van der Waals surface area (Å²) >= 11 is 0. The Morgan fingerprint density at radius 1 is 0.811 bits per heavy atom. The molecule has 0 fully saturated rings. The smallest absolute Gasteiger partial charge is 0.155 e. The lowest BCUT2D eigenvalue weighted by molar-refractivity contribution is -0.115. The Bertz CT molecular complexity index is 771. The third kappa shape index (κ3) is 13.9. The third-order valence-electron chi connectivity index (χ3n) is 7.52. The van der Waals surface area contributed by atoms with Crippen molar-refractivity contribution in [2.75, 3.05) is 6.61 Å². The van der Waals surface area contributed by atoms with Crippen molar-refractivity contribution in [1.29, 1.82) is 0 Å². The molecule has 0 heterocycles. The van der Waals surface area contributed by atoms with Crippen molar-refractivity contribution < 1.29 is 14.7 Å². The normalized spacial score (nSPS) is 22.5. The fraction of sp³-hybridized carbons (Fsp3) is 0.647. The van der Waals surface area contributed by atoms with Crippen molar-refractivity contribution in [2.24, 2.45) is 22.7 Å². The van der Waals surface area contributed by atoms with Crippen LogP contribution in [-0.4, -0.2) is 23.3 Å². The molecule has 0 aromatic rings. The van der Waals surface area contributed by atoms with Gasteiger partial charge in [-0.15, -0.1) is 0 Å². The van der Waals surface area contributed by atoms with Crippen LogP contribution in [0.2, 0.25) is 0 Å². The van der Waals surface area contributed by atoms with E-state index in [4.69, 9.17) is 5.11 Å². The molecule has 0 bridgehead atoms. The second-order valence-corrected chi connectivity index (χ2v) is 11.7. The number of ketones is 2. The summed E-state index contributed by atoms with van der Waals surface area (Å²) in [4.78, 5) is 22.5. The quantitative estimate of drug-likeness (QED) is 0.247. The van der Waals surface area contributed by atoms with Gasteiger partial charge in [0.2, 0.25) is 0 Å². The van der Waals surface area contributed by atoms with Crippen LogP contribution in [0.25, 0.3) is 0 Å². The summed E-state index contributed by atoms with van der Waals surface area (Å²) in [6.45, 7) is 19.7. The van der Waals surface area contributed by atoms with Gasteiger partial charge in [-0.2, -0.15) is 0 Å².